The van der Waals surface area contributed by atoms with Gasteiger partial charge >= 0.3 is 5.97 Å². The molecule has 2 aliphatic heterocycles. The van der Waals surface area contributed by atoms with Crippen LogP contribution in [0.1, 0.15) is 29.2 Å². The minimum absolute atomic E-state index is 0.0279. The Balaban J connectivity index is 1.84. The number of nitrogens with zero attached hydrogens (tertiary/aromatic N) is 2. The monoisotopic (exact) mass is 409 g/mol. The Hall–Kier alpha value is -2.17. The number of hydrogen-bond donors (Lipinski definition) is 3. The highest BCUT2D eigenvalue weighted by Crippen LogP contribution is 2.50. The molecule has 0 bridgehead atoms. The van der Waals surface area contributed by atoms with Crippen LogP contribution in [0.4, 0.5) is 0 Å². The van der Waals surface area contributed by atoms with E-state index in [0.29, 0.717) is 15.5 Å². The Morgan fingerprint density at radius 2 is 2.19 bits per heavy atom. The van der Waals surface area contributed by atoms with E-state index in [0.717, 1.165) is 0 Å². The molecule has 1 fully saturated rings. The first-order valence-electron chi connectivity index (χ1n) is 8.27. The van der Waals surface area contributed by atoms with Crippen LogP contribution in [-0.4, -0.2) is 57.1 Å². The summed E-state index contributed by atoms with van der Waals surface area (Å²) in [6.45, 7) is 3.40. The minimum Gasteiger partial charge on any atom is -0.477 e. The molecule has 1 saturated heterocycles. The molecule has 0 unspecified atom stereocenters. The van der Waals surface area contributed by atoms with Crippen LogP contribution >= 0.6 is 23.1 Å². The van der Waals surface area contributed by atoms with Gasteiger partial charge in [0.05, 0.1) is 28.5 Å². The molecule has 10 heteroatoms. The van der Waals surface area contributed by atoms with E-state index >= 15 is 0 Å². The Labute approximate surface area is 164 Å². The maximum atomic E-state index is 12.3. The lowest BCUT2D eigenvalue weighted by Gasteiger charge is -2.46. The zero-order valence-electron chi connectivity index (χ0n) is 14.9. The standard InChI is InChI=1S/C17H19N3O5S2/c1-7-12-10(8(2)21)16(23)20(12)13(17(24)25)14(7)26-5-4-9-11(15(22)18-3)19-6-27-9/h4-8,10,12,21H,1-3H3,(H,18,22)(H,24,25)/b5-4-/t7-,8-,10-,12-/m1/s1. The fourth-order valence-corrected chi connectivity index (χ4v) is 5.27. The van der Waals surface area contributed by atoms with Gasteiger partial charge in [-0.1, -0.05) is 18.7 Å². The first-order valence-corrected chi connectivity index (χ1v) is 10.0. The van der Waals surface area contributed by atoms with Gasteiger partial charge < -0.3 is 20.4 Å². The smallest absolute Gasteiger partial charge is 0.353 e. The largest absolute Gasteiger partial charge is 0.477 e. The van der Waals surface area contributed by atoms with Crippen LogP contribution in [0.2, 0.25) is 0 Å². The number of carbonyl (C=O) groups is 3. The predicted octanol–water partition coefficient (Wildman–Crippen LogP) is 1.36. The van der Waals surface area contributed by atoms with Crippen molar-refractivity contribution in [3.8, 4) is 0 Å². The summed E-state index contributed by atoms with van der Waals surface area (Å²) < 4.78 is 0. The van der Waals surface area contributed by atoms with E-state index < -0.39 is 18.0 Å². The van der Waals surface area contributed by atoms with Crippen LogP contribution < -0.4 is 5.32 Å². The van der Waals surface area contributed by atoms with Crippen LogP contribution in [-0.2, 0) is 9.59 Å². The van der Waals surface area contributed by atoms with Crippen molar-refractivity contribution in [2.24, 2.45) is 11.8 Å². The molecule has 144 valence electrons. The van der Waals surface area contributed by atoms with Gasteiger partial charge in [-0.05, 0) is 18.4 Å². The molecule has 2 amide bonds. The van der Waals surface area contributed by atoms with E-state index in [1.54, 1.807) is 23.9 Å². The lowest BCUT2D eigenvalue weighted by atomic mass is 9.79. The van der Waals surface area contributed by atoms with Crippen LogP contribution in [0.5, 0.6) is 0 Å². The van der Waals surface area contributed by atoms with Gasteiger partial charge in [-0.2, -0.15) is 0 Å². The van der Waals surface area contributed by atoms with Crippen LogP contribution in [0, 0.1) is 11.8 Å². The van der Waals surface area contributed by atoms with Gasteiger partial charge in [-0.3, -0.25) is 9.59 Å². The third-order valence-corrected chi connectivity index (χ3v) is 6.65. The van der Waals surface area contributed by atoms with Crippen molar-refractivity contribution in [3.05, 3.63) is 32.1 Å². The number of aliphatic carboxylic acids is 1. The second kappa shape index (κ2) is 7.45. The number of hydrogen-bond acceptors (Lipinski definition) is 7. The van der Waals surface area contributed by atoms with Gasteiger partial charge in [0.25, 0.3) is 5.91 Å². The summed E-state index contributed by atoms with van der Waals surface area (Å²) in [6, 6.07) is -0.343. The van der Waals surface area contributed by atoms with E-state index in [9.17, 15) is 24.6 Å². The third kappa shape index (κ3) is 3.17. The maximum Gasteiger partial charge on any atom is 0.353 e. The summed E-state index contributed by atoms with van der Waals surface area (Å²) in [5, 5.41) is 23.6. The fraction of sp³-hybridized carbons (Fsp3) is 0.412. The quantitative estimate of drug-likeness (QED) is 0.607. The average molecular weight is 409 g/mol. The number of carboxylic acid groups (broad SMARTS) is 1. The second-order valence-corrected chi connectivity index (χ2v) is 8.17. The van der Waals surface area contributed by atoms with Crippen molar-refractivity contribution in [1.29, 1.82) is 0 Å². The van der Waals surface area contributed by atoms with Crippen LogP contribution in [0.3, 0.4) is 0 Å². The normalized spacial score (nSPS) is 25.6. The molecule has 8 nitrogen and oxygen atoms in total. The van der Waals surface area contributed by atoms with Crippen LogP contribution in [0.25, 0.3) is 6.08 Å². The van der Waals surface area contributed by atoms with E-state index in [1.807, 2.05) is 6.92 Å². The molecule has 0 spiro atoms. The van der Waals surface area contributed by atoms with Gasteiger partial charge in [0.2, 0.25) is 5.91 Å². The number of aromatic nitrogens is 1. The lowest BCUT2D eigenvalue weighted by Crippen LogP contribution is -2.63. The van der Waals surface area contributed by atoms with Crippen molar-refractivity contribution in [1.82, 2.24) is 15.2 Å². The summed E-state index contributed by atoms with van der Waals surface area (Å²) in [7, 11) is 1.52. The number of rotatable bonds is 6. The van der Waals surface area contributed by atoms with Crippen molar-refractivity contribution in [2.45, 2.75) is 26.0 Å². The van der Waals surface area contributed by atoms with Crippen molar-refractivity contribution >= 4 is 47.0 Å². The Kier molecular flexibility index (Phi) is 5.41. The van der Waals surface area contributed by atoms with E-state index in [4.69, 9.17) is 0 Å². The van der Waals surface area contributed by atoms with Crippen molar-refractivity contribution in [3.63, 3.8) is 0 Å². The fourth-order valence-electron chi connectivity index (χ4n) is 3.51. The molecular weight excluding hydrogens is 390 g/mol. The highest BCUT2D eigenvalue weighted by Gasteiger charge is 2.59. The molecule has 0 saturated carbocycles. The minimum atomic E-state index is -1.17. The molecule has 1 aromatic rings. The molecule has 4 atom stereocenters. The molecule has 3 rings (SSSR count). The van der Waals surface area contributed by atoms with Gasteiger partial charge in [-0.15, -0.1) is 11.3 Å². The number of fused-ring (bicyclic) bond motifs is 1. The number of carboxylic acids is 1. The number of thioether (sulfide) groups is 1. The highest BCUT2D eigenvalue weighted by molar-refractivity contribution is 8.06. The van der Waals surface area contributed by atoms with Crippen molar-refractivity contribution < 1.29 is 24.6 Å². The average Bonchev–Trinajstić information content (AvgIpc) is 3.16. The van der Waals surface area contributed by atoms with Crippen molar-refractivity contribution in [2.75, 3.05) is 7.05 Å². The molecule has 0 aromatic carbocycles. The number of thiazole rings is 1. The maximum absolute atomic E-state index is 12.3. The number of β-lactam (4-membered cyclic amide) rings is 1. The first-order chi connectivity index (χ1) is 12.8. The lowest BCUT2D eigenvalue weighted by molar-refractivity contribution is -0.163. The zero-order chi connectivity index (χ0) is 19.9. The topological polar surface area (TPSA) is 120 Å². The Morgan fingerprint density at radius 3 is 2.78 bits per heavy atom. The zero-order valence-corrected chi connectivity index (χ0v) is 16.5. The Morgan fingerprint density at radius 1 is 1.48 bits per heavy atom. The summed E-state index contributed by atoms with van der Waals surface area (Å²) in [6.07, 6.45) is 0.874. The molecule has 3 heterocycles. The molecule has 0 aliphatic carbocycles. The van der Waals surface area contributed by atoms with E-state index in [1.165, 1.54) is 35.0 Å². The number of aliphatic hydroxyl groups excluding tert-OH is 1. The van der Waals surface area contributed by atoms with Crippen LogP contribution in [0.15, 0.2) is 21.5 Å². The molecule has 1 aromatic heterocycles. The van der Waals surface area contributed by atoms with Gasteiger partial charge in [0.1, 0.15) is 11.4 Å². The number of nitrogens with one attached hydrogen (secondary N) is 1. The second-order valence-electron chi connectivity index (χ2n) is 6.34. The molecular formula is C17H19N3O5S2. The molecule has 3 N–H and O–H groups in total. The summed E-state index contributed by atoms with van der Waals surface area (Å²) in [5.74, 6) is -2.61. The van der Waals surface area contributed by atoms with E-state index in [2.05, 4.69) is 10.3 Å². The third-order valence-electron chi connectivity index (χ3n) is 4.76. The van der Waals surface area contributed by atoms with Gasteiger partial charge in [0, 0.05) is 17.9 Å². The van der Waals surface area contributed by atoms with Gasteiger partial charge in [0.15, 0.2) is 0 Å². The summed E-state index contributed by atoms with van der Waals surface area (Å²) in [5.41, 5.74) is 1.84. The summed E-state index contributed by atoms with van der Waals surface area (Å²) in [4.78, 5) is 42.3. The van der Waals surface area contributed by atoms with Gasteiger partial charge in [-0.25, -0.2) is 9.78 Å². The Bertz CT molecular complexity index is 861. The molecule has 27 heavy (non-hydrogen) atoms. The predicted molar refractivity (Wildman–Crippen MR) is 102 cm³/mol. The molecule has 0 radical (unpaired) electrons. The summed E-state index contributed by atoms with van der Waals surface area (Å²) >= 11 is 2.51. The number of carbonyl (C=O) groups excluding carboxylic acids is 2. The number of aliphatic hydroxyl groups is 1. The van der Waals surface area contributed by atoms with E-state index in [-0.39, 0.29) is 29.5 Å². The number of amides is 2. The first kappa shape index (κ1) is 19.6. The molecule has 2 aliphatic rings. The highest BCUT2D eigenvalue weighted by atomic mass is 32.2. The SMILES string of the molecule is CNC(=O)c1ncsc1/C=C\SC1=C(C(=O)O)N2C(=O)[C@H]([C@@H](C)O)[C@H]2[C@H]1C.